The third kappa shape index (κ3) is 3.53. The average Bonchev–Trinajstić information content (AvgIpc) is 1.91. The molecule has 0 saturated heterocycles. The standard InChI is InChI=1S/C7H12N2/c1-4-7(9-3)5-6-8-2/h4-6,9H,2H2,1,3H3/b6-5-,7-4+. The van der Waals surface area contributed by atoms with Crippen LogP contribution in [0.3, 0.4) is 0 Å². The Morgan fingerprint density at radius 3 is 2.67 bits per heavy atom. The van der Waals surface area contributed by atoms with Gasteiger partial charge in [0.15, 0.2) is 0 Å². The molecule has 2 nitrogen and oxygen atoms in total. The van der Waals surface area contributed by atoms with Crippen LogP contribution in [0, 0.1) is 0 Å². The van der Waals surface area contributed by atoms with Gasteiger partial charge in [-0.1, -0.05) is 6.08 Å². The summed E-state index contributed by atoms with van der Waals surface area (Å²) in [6, 6.07) is 0. The van der Waals surface area contributed by atoms with E-state index in [-0.39, 0.29) is 0 Å². The van der Waals surface area contributed by atoms with Gasteiger partial charge in [0.05, 0.1) is 0 Å². The van der Waals surface area contributed by atoms with Crippen LogP contribution in [0.5, 0.6) is 0 Å². The molecule has 0 aromatic rings. The van der Waals surface area contributed by atoms with Gasteiger partial charge in [-0.25, -0.2) is 0 Å². The van der Waals surface area contributed by atoms with Gasteiger partial charge in [0.25, 0.3) is 0 Å². The van der Waals surface area contributed by atoms with Gasteiger partial charge in [-0.15, -0.1) is 0 Å². The van der Waals surface area contributed by atoms with Crippen molar-refractivity contribution in [3.8, 4) is 0 Å². The molecule has 0 aliphatic rings. The van der Waals surface area contributed by atoms with E-state index in [9.17, 15) is 0 Å². The maximum atomic E-state index is 3.56. The summed E-state index contributed by atoms with van der Waals surface area (Å²) in [5, 5.41) is 2.97. The molecule has 0 fully saturated rings. The molecule has 0 saturated carbocycles. The summed E-state index contributed by atoms with van der Waals surface area (Å²) in [6.07, 6.45) is 5.46. The van der Waals surface area contributed by atoms with Gasteiger partial charge in [-0.3, -0.25) is 4.99 Å². The second-order valence-corrected chi connectivity index (χ2v) is 1.49. The lowest BCUT2D eigenvalue weighted by Gasteiger charge is -1.95. The zero-order valence-corrected chi connectivity index (χ0v) is 5.89. The number of allylic oxidation sites excluding steroid dienone is 2. The van der Waals surface area contributed by atoms with Gasteiger partial charge in [0.1, 0.15) is 0 Å². The molecule has 2 heteroatoms. The quantitative estimate of drug-likeness (QED) is 0.445. The van der Waals surface area contributed by atoms with Crippen molar-refractivity contribution in [2.45, 2.75) is 6.92 Å². The summed E-state index contributed by atoms with van der Waals surface area (Å²) in [7, 11) is 1.86. The molecule has 0 aromatic heterocycles. The fourth-order valence-corrected chi connectivity index (χ4v) is 0.457. The number of hydrogen-bond donors (Lipinski definition) is 1. The number of nitrogens with zero attached hydrogens (tertiary/aromatic N) is 1. The summed E-state index contributed by atoms with van der Waals surface area (Å²) in [5.41, 5.74) is 1.04. The Morgan fingerprint density at radius 1 is 1.67 bits per heavy atom. The molecule has 50 valence electrons. The van der Waals surface area contributed by atoms with Crippen LogP contribution in [0.25, 0.3) is 0 Å². The van der Waals surface area contributed by atoms with Gasteiger partial charge in [-0.05, 0) is 19.7 Å². The maximum Gasteiger partial charge on any atom is 0.0309 e. The van der Waals surface area contributed by atoms with Crippen LogP contribution in [-0.4, -0.2) is 13.8 Å². The van der Waals surface area contributed by atoms with Gasteiger partial charge >= 0.3 is 0 Å². The summed E-state index contributed by atoms with van der Waals surface area (Å²) >= 11 is 0. The van der Waals surface area contributed by atoms with Crippen LogP contribution in [0.15, 0.2) is 29.0 Å². The fourth-order valence-electron chi connectivity index (χ4n) is 0.457. The van der Waals surface area contributed by atoms with Gasteiger partial charge in [-0.2, -0.15) is 0 Å². The fraction of sp³-hybridized carbons (Fsp3) is 0.286. The molecule has 0 aromatic carbocycles. The first-order valence-electron chi connectivity index (χ1n) is 2.81. The highest BCUT2D eigenvalue weighted by molar-refractivity contribution is 5.27. The van der Waals surface area contributed by atoms with Crippen molar-refractivity contribution in [1.82, 2.24) is 5.32 Å². The Labute approximate surface area is 56.0 Å². The molecule has 0 spiro atoms. The van der Waals surface area contributed by atoms with Crippen molar-refractivity contribution in [2.75, 3.05) is 7.05 Å². The first-order chi connectivity index (χ1) is 4.35. The smallest absolute Gasteiger partial charge is 0.0309 e. The highest BCUT2D eigenvalue weighted by Crippen LogP contribution is 1.88. The van der Waals surface area contributed by atoms with Gasteiger partial charge < -0.3 is 5.32 Å². The van der Waals surface area contributed by atoms with E-state index in [1.807, 2.05) is 26.1 Å². The molecule has 0 radical (unpaired) electrons. The number of rotatable bonds is 3. The zero-order valence-electron chi connectivity index (χ0n) is 5.89. The predicted octanol–water partition coefficient (Wildman–Crippen LogP) is 1.32. The predicted molar refractivity (Wildman–Crippen MR) is 41.5 cm³/mol. The van der Waals surface area contributed by atoms with E-state index >= 15 is 0 Å². The minimum absolute atomic E-state index is 1.04. The third-order valence-corrected chi connectivity index (χ3v) is 0.959. The summed E-state index contributed by atoms with van der Waals surface area (Å²) < 4.78 is 0. The zero-order chi connectivity index (χ0) is 7.11. The monoisotopic (exact) mass is 124 g/mol. The first-order valence-corrected chi connectivity index (χ1v) is 2.81. The van der Waals surface area contributed by atoms with Crippen LogP contribution >= 0.6 is 0 Å². The minimum atomic E-state index is 1.04. The molecule has 0 atom stereocenters. The van der Waals surface area contributed by atoms with Crippen molar-refractivity contribution in [2.24, 2.45) is 4.99 Å². The second kappa shape index (κ2) is 5.09. The Bertz CT molecular complexity index is 134. The number of hydrogen-bond acceptors (Lipinski definition) is 2. The van der Waals surface area contributed by atoms with Crippen molar-refractivity contribution in [3.05, 3.63) is 24.0 Å². The molecule has 0 amide bonds. The van der Waals surface area contributed by atoms with Crippen molar-refractivity contribution in [3.63, 3.8) is 0 Å². The maximum absolute atomic E-state index is 3.56. The topological polar surface area (TPSA) is 24.4 Å². The number of nitrogens with one attached hydrogen (secondary N) is 1. The Balaban J connectivity index is 3.84. The van der Waals surface area contributed by atoms with Gasteiger partial charge in [0.2, 0.25) is 0 Å². The van der Waals surface area contributed by atoms with Crippen molar-refractivity contribution in [1.29, 1.82) is 0 Å². The molecule has 1 N–H and O–H groups in total. The Morgan fingerprint density at radius 2 is 2.33 bits per heavy atom. The first kappa shape index (κ1) is 7.95. The van der Waals surface area contributed by atoms with E-state index < -0.39 is 0 Å². The molecule has 9 heavy (non-hydrogen) atoms. The molecule has 0 aliphatic carbocycles. The van der Waals surface area contributed by atoms with Crippen LogP contribution in [0.2, 0.25) is 0 Å². The van der Waals surface area contributed by atoms with E-state index in [0.717, 1.165) is 5.70 Å². The van der Waals surface area contributed by atoms with Crippen LogP contribution < -0.4 is 5.32 Å². The second-order valence-electron chi connectivity index (χ2n) is 1.49. The SMILES string of the molecule is C=N/C=C\C(=C/C)NC. The third-order valence-electron chi connectivity index (χ3n) is 0.959. The van der Waals surface area contributed by atoms with Crippen molar-refractivity contribution < 1.29 is 0 Å². The van der Waals surface area contributed by atoms with Crippen molar-refractivity contribution >= 4 is 6.72 Å². The van der Waals surface area contributed by atoms with E-state index in [0.29, 0.717) is 0 Å². The van der Waals surface area contributed by atoms with Crippen LogP contribution in [-0.2, 0) is 0 Å². The summed E-state index contributed by atoms with van der Waals surface area (Å²) in [6.45, 7) is 5.27. The average molecular weight is 124 g/mol. The largest absolute Gasteiger partial charge is 0.388 e. The normalized spacial score (nSPS) is 12.0. The van der Waals surface area contributed by atoms with Crippen LogP contribution in [0.1, 0.15) is 6.92 Å². The lowest BCUT2D eigenvalue weighted by molar-refractivity contribution is 1.03. The Hall–Kier alpha value is -1.05. The molecule has 0 rings (SSSR count). The van der Waals surface area contributed by atoms with E-state index in [2.05, 4.69) is 17.0 Å². The lowest BCUT2D eigenvalue weighted by Crippen LogP contribution is -2.01. The number of aliphatic imine (C=N–C) groups is 1. The molecule has 0 bridgehead atoms. The summed E-state index contributed by atoms with van der Waals surface area (Å²) in [4.78, 5) is 3.56. The summed E-state index contributed by atoms with van der Waals surface area (Å²) in [5.74, 6) is 0. The van der Waals surface area contributed by atoms with E-state index in [1.165, 1.54) is 0 Å². The Kier molecular flexibility index (Phi) is 4.50. The minimum Gasteiger partial charge on any atom is -0.388 e. The molecule has 0 aliphatic heterocycles. The van der Waals surface area contributed by atoms with Gasteiger partial charge in [0, 0.05) is 18.9 Å². The number of likely N-dealkylation sites (N-methyl/N-ethyl adjacent to an activating group) is 1. The van der Waals surface area contributed by atoms with E-state index in [4.69, 9.17) is 0 Å². The highest BCUT2D eigenvalue weighted by Gasteiger charge is 1.78. The highest BCUT2D eigenvalue weighted by atomic mass is 14.8. The van der Waals surface area contributed by atoms with Crippen LogP contribution in [0.4, 0.5) is 0 Å². The molecular formula is C7H12N2. The molecule has 0 unspecified atom stereocenters. The lowest BCUT2D eigenvalue weighted by atomic mass is 10.4. The van der Waals surface area contributed by atoms with E-state index in [1.54, 1.807) is 6.20 Å². The molecular weight excluding hydrogens is 112 g/mol. The molecule has 0 heterocycles.